The molecule has 0 saturated carbocycles. The third-order valence-electron chi connectivity index (χ3n) is 8.10. The minimum atomic E-state index is -0.262. The second kappa shape index (κ2) is 14.4. The number of benzene rings is 3. The van der Waals surface area contributed by atoms with Crippen molar-refractivity contribution in [3.8, 4) is 28.5 Å². The number of likely N-dealkylation sites (tertiary alicyclic amines) is 1. The SMILES string of the molecule is CCC(=O)Oc1ccc(-c2c(C)c3cc(OC(=O)CC)ccc3n2Cc2ccc(OCCN3CCCCCC3)cc2)cc1. The van der Waals surface area contributed by atoms with Crippen LogP contribution < -0.4 is 14.2 Å². The van der Waals surface area contributed by atoms with E-state index >= 15 is 0 Å². The van der Waals surface area contributed by atoms with Crippen LogP contribution in [-0.2, 0) is 16.1 Å². The number of carbonyl (C=O) groups excluding carboxylic acids is 2. The molecular weight excluding hydrogens is 540 g/mol. The number of nitrogens with zero attached hydrogens (tertiary/aromatic N) is 2. The lowest BCUT2D eigenvalue weighted by Crippen LogP contribution is -2.29. The number of aryl methyl sites for hydroxylation is 1. The van der Waals surface area contributed by atoms with Gasteiger partial charge in [-0.25, -0.2) is 0 Å². The number of fused-ring (bicyclic) bond motifs is 1. The van der Waals surface area contributed by atoms with Crippen molar-refractivity contribution in [3.05, 3.63) is 77.9 Å². The fraction of sp³-hybridized carbons (Fsp3) is 0.389. The van der Waals surface area contributed by atoms with E-state index < -0.39 is 0 Å². The van der Waals surface area contributed by atoms with Gasteiger partial charge in [-0.1, -0.05) is 38.8 Å². The van der Waals surface area contributed by atoms with Crippen molar-refractivity contribution in [1.29, 1.82) is 0 Å². The number of aromatic nitrogens is 1. The molecule has 0 aliphatic carbocycles. The van der Waals surface area contributed by atoms with Crippen LogP contribution in [-0.4, -0.2) is 47.6 Å². The second-order valence-electron chi connectivity index (χ2n) is 11.2. The average molecular weight is 583 g/mol. The van der Waals surface area contributed by atoms with Crippen molar-refractivity contribution in [2.75, 3.05) is 26.2 Å². The topological polar surface area (TPSA) is 70.0 Å². The van der Waals surface area contributed by atoms with Gasteiger partial charge < -0.3 is 18.8 Å². The lowest BCUT2D eigenvalue weighted by Gasteiger charge is -2.19. The van der Waals surface area contributed by atoms with E-state index in [0.29, 0.717) is 37.5 Å². The molecule has 1 fully saturated rings. The highest BCUT2D eigenvalue weighted by molar-refractivity contribution is 5.93. The zero-order valence-corrected chi connectivity index (χ0v) is 25.6. The summed E-state index contributed by atoms with van der Waals surface area (Å²) in [6.45, 7) is 10.3. The normalized spacial score (nSPS) is 13.9. The molecule has 1 saturated heterocycles. The maximum atomic E-state index is 12.0. The molecule has 43 heavy (non-hydrogen) atoms. The molecule has 3 aromatic carbocycles. The Labute approximate surface area is 254 Å². The highest BCUT2D eigenvalue weighted by atomic mass is 16.5. The zero-order valence-electron chi connectivity index (χ0n) is 25.6. The Hall–Kier alpha value is -4.10. The molecule has 7 heteroatoms. The molecule has 1 aliphatic heterocycles. The quantitative estimate of drug-likeness (QED) is 0.134. The van der Waals surface area contributed by atoms with Gasteiger partial charge in [0.15, 0.2) is 0 Å². The minimum absolute atomic E-state index is 0.261. The van der Waals surface area contributed by atoms with Gasteiger partial charge in [0.25, 0.3) is 0 Å². The average Bonchev–Trinajstić information content (AvgIpc) is 3.16. The Morgan fingerprint density at radius 1 is 0.744 bits per heavy atom. The number of rotatable bonds is 11. The smallest absolute Gasteiger partial charge is 0.310 e. The van der Waals surface area contributed by atoms with E-state index in [4.69, 9.17) is 14.2 Å². The molecule has 0 spiro atoms. The Bertz CT molecular complexity index is 1530. The zero-order chi connectivity index (χ0) is 30.2. The molecule has 0 unspecified atom stereocenters. The lowest BCUT2D eigenvalue weighted by molar-refractivity contribution is -0.134. The number of hydrogen-bond acceptors (Lipinski definition) is 6. The third-order valence-corrected chi connectivity index (χ3v) is 8.10. The first kappa shape index (κ1) is 30.4. The molecule has 0 atom stereocenters. The summed E-state index contributed by atoms with van der Waals surface area (Å²) in [6, 6.07) is 21.8. The van der Waals surface area contributed by atoms with Crippen LogP contribution in [0.3, 0.4) is 0 Å². The van der Waals surface area contributed by atoms with E-state index in [-0.39, 0.29) is 11.9 Å². The van der Waals surface area contributed by atoms with Crippen molar-refractivity contribution in [2.24, 2.45) is 0 Å². The molecule has 2 heterocycles. The van der Waals surface area contributed by atoms with Crippen LogP contribution in [0.4, 0.5) is 0 Å². The summed E-state index contributed by atoms with van der Waals surface area (Å²) in [5, 5.41) is 1.02. The van der Waals surface area contributed by atoms with Crippen LogP contribution >= 0.6 is 0 Å². The largest absolute Gasteiger partial charge is 0.492 e. The van der Waals surface area contributed by atoms with E-state index in [9.17, 15) is 9.59 Å². The summed E-state index contributed by atoms with van der Waals surface area (Å²) in [5.74, 6) is 1.42. The maximum absolute atomic E-state index is 12.0. The van der Waals surface area contributed by atoms with Gasteiger partial charge in [0.2, 0.25) is 0 Å². The molecule has 4 aromatic rings. The van der Waals surface area contributed by atoms with Crippen LogP contribution in [0.1, 0.15) is 63.5 Å². The summed E-state index contributed by atoms with van der Waals surface area (Å²) in [5.41, 5.74) is 5.33. The molecule has 1 aliphatic rings. The van der Waals surface area contributed by atoms with Crippen LogP contribution in [0.2, 0.25) is 0 Å². The molecule has 0 bridgehead atoms. The van der Waals surface area contributed by atoms with Crippen LogP contribution in [0, 0.1) is 6.92 Å². The standard InChI is InChI=1S/C36H42N2O5/c1-4-34(39)42-30-16-12-28(13-17-30)36-26(3)32-24-31(43-35(40)5-2)18-19-33(32)38(36)25-27-10-14-29(15-11-27)41-23-22-37-20-8-6-7-9-21-37/h10-19,24H,4-9,20-23,25H2,1-3H3. The Kier molecular flexibility index (Phi) is 10.2. The molecule has 226 valence electrons. The van der Waals surface area contributed by atoms with Gasteiger partial charge >= 0.3 is 11.9 Å². The summed E-state index contributed by atoms with van der Waals surface area (Å²) in [6.07, 6.45) is 5.88. The van der Waals surface area contributed by atoms with Gasteiger partial charge in [-0.3, -0.25) is 14.5 Å². The molecular formula is C36H42N2O5. The van der Waals surface area contributed by atoms with Crippen LogP contribution in [0.15, 0.2) is 66.7 Å². The van der Waals surface area contributed by atoms with Crippen molar-refractivity contribution < 1.29 is 23.8 Å². The minimum Gasteiger partial charge on any atom is -0.492 e. The lowest BCUT2D eigenvalue weighted by atomic mass is 10.1. The molecule has 0 radical (unpaired) electrons. The third kappa shape index (κ3) is 7.65. The summed E-state index contributed by atoms with van der Waals surface area (Å²) in [7, 11) is 0. The Morgan fingerprint density at radius 2 is 1.35 bits per heavy atom. The maximum Gasteiger partial charge on any atom is 0.310 e. The fourth-order valence-electron chi connectivity index (χ4n) is 5.72. The van der Waals surface area contributed by atoms with Gasteiger partial charge in [-0.15, -0.1) is 0 Å². The summed E-state index contributed by atoms with van der Waals surface area (Å²) < 4.78 is 19.3. The Balaban J connectivity index is 1.39. The number of hydrogen-bond donors (Lipinski definition) is 0. The van der Waals surface area contributed by atoms with Crippen molar-refractivity contribution in [2.45, 2.75) is 65.8 Å². The van der Waals surface area contributed by atoms with Crippen molar-refractivity contribution in [3.63, 3.8) is 0 Å². The Morgan fingerprint density at radius 3 is 2.00 bits per heavy atom. The molecule has 7 nitrogen and oxygen atoms in total. The first-order valence-corrected chi connectivity index (χ1v) is 15.5. The van der Waals surface area contributed by atoms with E-state index in [0.717, 1.165) is 45.6 Å². The van der Waals surface area contributed by atoms with E-state index in [1.807, 2.05) is 42.5 Å². The van der Waals surface area contributed by atoms with E-state index in [2.05, 4.69) is 40.7 Å². The summed E-state index contributed by atoms with van der Waals surface area (Å²) >= 11 is 0. The van der Waals surface area contributed by atoms with Gasteiger partial charge in [-0.2, -0.15) is 0 Å². The van der Waals surface area contributed by atoms with Crippen LogP contribution in [0.25, 0.3) is 22.2 Å². The van der Waals surface area contributed by atoms with Crippen LogP contribution in [0.5, 0.6) is 17.2 Å². The first-order chi connectivity index (χ1) is 20.9. The highest BCUT2D eigenvalue weighted by Gasteiger charge is 2.18. The predicted molar refractivity (Wildman–Crippen MR) is 170 cm³/mol. The predicted octanol–water partition coefficient (Wildman–Crippen LogP) is 7.55. The van der Waals surface area contributed by atoms with E-state index in [1.165, 1.54) is 38.8 Å². The monoisotopic (exact) mass is 582 g/mol. The van der Waals surface area contributed by atoms with Gasteiger partial charge in [0.1, 0.15) is 23.9 Å². The second-order valence-corrected chi connectivity index (χ2v) is 11.2. The van der Waals surface area contributed by atoms with Gasteiger partial charge in [-0.05, 0) is 104 Å². The number of esters is 2. The van der Waals surface area contributed by atoms with Gasteiger partial charge in [0.05, 0.1) is 5.69 Å². The van der Waals surface area contributed by atoms with Crippen molar-refractivity contribution >= 4 is 22.8 Å². The molecule has 0 amide bonds. The first-order valence-electron chi connectivity index (χ1n) is 15.5. The number of carbonyl (C=O) groups is 2. The molecule has 0 N–H and O–H groups in total. The fourth-order valence-corrected chi connectivity index (χ4v) is 5.72. The molecule has 5 rings (SSSR count). The summed E-state index contributed by atoms with van der Waals surface area (Å²) in [4.78, 5) is 26.3. The van der Waals surface area contributed by atoms with Gasteiger partial charge in [0, 0.05) is 36.8 Å². The van der Waals surface area contributed by atoms with E-state index in [1.54, 1.807) is 13.8 Å². The highest BCUT2D eigenvalue weighted by Crippen LogP contribution is 2.36. The van der Waals surface area contributed by atoms with Crippen molar-refractivity contribution in [1.82, 2.24) is 9.47 Å². The molecule has 1 aromatic heterocycles. The number of ether oxygens (including phenoxy) is 3.